The molecule has 1 N–H and O–H groups in total. The smallest absolute Gasteiger partial charge is 0.234 e. The molecule has 0 saturated carbocycles. The highest BCUT2D eigenvalue weighted by Crippen LogP contribution is 2.33. The highest BCUT2D eigenvalue weighted by molar-refractivity contribution is 7.99. The van der Waals surface area contributed by atoms with Gasteiger partial charge in [0.05, 0.1) is 28.0 Å². The summed E-state index contributed by atoms with van der Waals surface area (Å²) in [5.74, 6) is 0.672. The molecule has 0 aliphatic carbocycles. The van der Waals surface area contributed by atoms with E-state index in [0.29, 0.717) is 22.4 Å². The van der Waals surface area contributed by atoms with Crippen molar-refractivity contribution in [3.05, 3.63) is 68.9 Å². The lowest BCUT2D eigenvalue weighted by Crippen LogP contribution is -2.15. The van der Waals surface area contributed by atoms with E-state index in [2.05, 4.69) is 15.5 Å². The Morgan fingerprint density at radius 1 is 1.11 bits per heavy atom. The van der Waals surface area contributed by atoms with Crippen molar-refractivity contribution in [3.63, 3.8) is 0 Å². The van der Waals surface area contributed by atoms with Gasteiger partial charge < -0.3 is 9.88 Å². The number of nitrogens with one attached hydrogen (secondary N) is 1. The van der Waals surface area contributed by atoms with Crippen molar-refractivity contribution in [3.8, 4) is 0 Å². The number of rotatable bonds is 6. The maximum atomic E-state index is 12.3. The minimum absolute atomic E-state index is 0.141. The van der Waals surface area contributed by atoms with Crippen LogP contribution in [0.4, 0.5) is 5.69 Å². The van der Waals surface area contributed by atoms with Crippen LogP contribution in [-0.4, -0.2) is 26.4 Å². The predicted octanol–water partition coefficient (Wildman–Crippen LogP) is 5.33. The zero-order valence-corrected chi connectivity index (χ0v) is 17.3. The lowest BCUT2D eigenvalue weighted by molar-refractivity contribution is -0.113. The minimum Gasteiger partial charge on any atom is -0.323 e. The fraction of sp³-hybridized carbons (Fsp3) is 0.167. The lowest BCUT2D eigenvalue weighted by atomic mass is 10.2. The number of carbonyl (C=O) groups is 1. The molecule has 9 heteroatoms. The van der Waals surface area contributed by atoms with Crippen LogP contribution >= 0.6 is 46.6 Å². The average molecular weight is 442 g/mol. The molecule has 0 bridgehead atoms. The highest BCUT2D eigenvalue weighted by Gasteiger charge is 2.15. The number of hydrogen-bond acceptors (Lipinski definition) is 4. The third-order valence-electron chi connectivity index (χ3n) is 3.69. The van der Waals surface area contributed by atoms with Gasteiger partial charge in [-0.05, 0) is 24.6 Å². The van der Waals surface area contributed by atoms with Crippen LogP contribution in [0.1, 0.15) is 11.4 Å². The first kappa shape index (κ1) is 20.0. The summed E-state index contributed by atoms with van der Waals surface area (Å²) in [5, 5.41) is 12.6. The maximum absolute atomic E-state index is 12.3. The highest BCUT2D eigenvalue weighted by atomic mass is 35.5. The summed E-state index contributed by atoms with van der Waals surface area (Å²) in [6, 6.07) is 13.0. The topological polar surface area (TPSA) is 59.8 Å². The summed E-state index contributed by atoms with van der Waals surface area (Å²) in [6.07, 6.45) is 0. The number of amides is 1. The van der Waals surface area contributed by atoms with Crippen molar-refractivity contribution in [1.82, 2.24) is 14.8 Å². The second kappa shape index (κ2) is 8.97. The van der Waals surface area contributed by atoms with Gasteiger partial charge in [0, 0.05) is 5.02 Å². The molecule has 3 aromatic rings. The summed E-state index contributed by atoms with van der Waals surface area (Å²) in [4.78, 5) is 12.3. The van der Waals surface area contributed by atoms with E-state index in [4.69, 9.17) is 34.8 Å². The third kappa shape index (κ3) is 5.17. The molecule has 0 radical (unpaired) electrons. The molecule has 27 heavy (non-hydrogen) atoms. The van der Waals surface area contributed by atoms with E-state index >= 15 is 0 Å². The summed E-state index contributed by atoms with van der Waals surface area (Å²) in [7, 11) is 0. The van der Waals surface area contributed by atoms with Crippen LogP contribution in [-0.2, 0) is 11.3 Å². The molecule has 5 nitrogen and oxygen atoms in total. The van der Waals surface area contributed by atoms with E-state index in [1.807, 2.05) is 41.8 Å². The van der Waals surface area contributed by atoms with E-state index in [0.717, 1.165) is 11.4 Å². The Balaban J connectivity index is 1.66. The van der Waals surface area contributed by atoms with Gasteiger partial charge >= 0.3 is 0 Å². The van der Waals surface area contributed by atoms with Gasteiger partial charge in [-0.2, -0.15) is 0 Å². The van der Waals surface area contributed by atoms with Gasteiger partial charge in [-0.3, -0.25) is 4.79 Å². The number of nitrogens with zero attached hydrogens (tertiary/aromatic N) is 3. The van der Waals surface area contributed by atoms with Crippen LogP contribution in [0.2, 0.25) is 15.1 Å². The molecular formula is C18H15Cl3N4OS. The van der Waals surface area contributed by atoms with Gasteiger partial charge in [0.15, 0.2) is 5.16 Å². The van der Waals surface area contributed by atoms with Gasteiger partial charge in [-0.15, -0.1) is 10.2 Å². The van der Waals surface area contributed by atoms with Crippen molar-refractivity contribution >= 4 is 58.2 Å². The van der Waals surface area contributed by atoms with Gasteiger partial charge in [-0.25, -0.2) is 0 Å². The zero-order valence-electron chi connectivity index (χ0n) is 14.2. The number of benzene rings is 2. The minimum atomic E-state index is -0.252. The van der Waals surface area contributed by atoms with Crippen LogP contribution < -0.4 is 5.32 Å². The van der Waals surface area contributed by atoms with E-state index < -0.39 is 0 Å². The van der Waals surface area contributed by atoms with E-state index in [9.17, 15) is 4.79 Å². The number of thioether (sulfide) groups is 1. The van der Waals surface area contributed by atoms with Crippen LogP contribution in [0.3, 0.4) is 0 Å². The van der Waals surface area contributed by atoms with Crippen LogP contribution in [0.5, 0.6) is 0 Å². The normalized spacial score (nSPS) is 10.8. The van der Waals surface area contributed by atoms with Crippen molar-refractivity contribution in [2.75, 3.05) is 11.1 Å². The van der Waals surface area contributed by atoms with Gasteiger partial charge in [0.25, 0.3) is 0 Å². The first-order valence-electron chi connectivity index (χ1n) is 7.95. The fourth-order valence-corrected chi connectivity index (χ4v) is 4.08. The SMILES string of the molecule is Cc1nnc(SCC(=O)Nc2c(Cl)cc(Cl)cc2Cl)n1Cc1ccccc1. The third-order valence-corrected chi connectivity index (χ3v) is 5.47. The molecule has 1 aromatic heterocycles. The van der Waals surface area contributed by atoms with Gasteiger partial charge in [0.1, 0.15) is 5.82 Å². The molecule has 0 spiro atoms. The monoisotopic (exact) mass is 440 g/mol. The Kier molecular flexibility index (Phi) is 6.65. The number of hydrogen-bond donors (Lipinski definition) is 1. The molecule has 140 valence electrons. The molecule has 2 aromatic carbocycles. The van der Waals surface area contributed by atoms with E-state index in [1.165, 1.54) is 23.9 Å². The Hall–Kier alpha value is -1.73. The number of aryl methyl sites for hydroxylation is 1. The Labute approximate surface area is 176 Å². The Morgan fingerprint density at radius 2 is 1.78 bits per heavy atom. The first-order chi connectivity index (χ1) is 12.9. The predicted molar refractivity (Wildman–Crippen MR) is 111 cm³/mol. The van der Waals surface area contributed by atoms with Crippen LogP contribution in [0.25, 0.3) is 0 Å². The summed E-state index contributed by atoms with van der Waals surface area (Å²) in [5.41, 5.74) is 1.47. The van der Waals surface area contributed by atoms with Gasteiger partial charge in [0.2, 0.25) is 5.91 Å². The molecule has 0 aliphatic rings. The molecule has 0 atom stereocenters. The molecular weight excluding hydrogens is 427 g/mol. The second-order valence-electron chi connectivity index (χ2n) is 5.68. The van der Waals surface area contributed by atoms with Crippen LogP contribution in [0.15, 0.2) is 47.6 Å². The van der Waals surface area contributed by atoms with Gasteiger partial charge in [-0.1, -0.05) is 76.9 Å². The van der Waals surface area contributed by atoms with Crippen molar-refractivity contribution in [1.29, 1.82) is 0 Å². The summed E-state index contributed by atoms with van der Waals surface area (Å²) >= 11 is 19.4. The quantitative estimate of drug-likeness (QED) is 0.526. The van der Waals surface area contributed by atoms with Crippen molar-refractivity contribution < 1.29 is 4.79 Å². The Bertz CT molecular complexity index is 939. The van der Waals surface area contributed by atoms with Crippen molar-refractivity contribution in [2.24, 2.45) is 0 Å². The van der Waals surface area contributed by atoms with E-state index in [1.54, 1.807) is 0 Å². The molecule has 0 fully saturated rings. The molecule has 0 aliphatic heterocycles. The zero-order chi connectivity index (χ0) is 19.4. The summed E-state index contributed by atoms with van der Waals surface area (Å²) < 4.78 is 1.97. The standard InChI is InChI=1S/C18H15Cl3N4OS/c1-11-23-24-18(25(11)9-12-5-3-2-4-6-12)27-10-16(26)22-17-14(20)7-13(19)8-15(17)21/h2-8H,9-10H2,1H3,(H,22,26). The largest absolute Gasteiger partial charge is 0.323 e. The number of anilines is 1. The van der Waals surface area contributed by atoms with E-state index in [-0.39, 0.29) is 21.7 Å². The molecule has 0 saturated heterocycles. The molecule has 3 rings (SSSR count). The number of carbonyl (C=O) groups excluding carboxylic acids is 1. The second-order valence-corrected chi connectivity index (χ2v) is 7.88. The van der Waals surface area contributed by atoms with Crippen LogP contribution in [0, 0.1) is 6.92 Å². The number of halogens is 3. The number of aromatic nitrogens is 3. The lowest BCUT2D eigenvalue weighted by Gasteiger charge is -2.11. The van der Waals surface area contributed by atoms with Crippen molar-refractivity contribution in [2.45, 2.75) is 18.6 Å². The Morgan fingerprint density at radius 3 is 2.44 bits per heavy atom. The molecule has 1 heterocycles. The summed E-state index contributed by atoms with van der Waals surface area (Å²) in [6.45, 7) is 2.52. The molecule has 1 amide bonds. The molecule has 0 unspecified atom stereocenters. The average Bonchev–Trinajstić information content (AvgIpc) is 2.97. The fourth-order valence-electron chi connectivity index (χ4n) is 2.38. The maximum Gasteiger partial charge on any atom is 0.234 e. The first-order valence-corrected chi connectivity index (χ1v) is 10.1.